The Morgan fingerprint density at radius 3 is 3.06 bits per heavy atom. The Bertz CT molecular complexity index is 361. The lowest BCUT2D eigenvalue weighted by Gasteiger charge is -2.10. The minimum atomic E-state index is -0.122. The first-order valence-electron chi connectivity index (χ1n) is 6.33. The van der Waals surface area contributed by atoms with Crippen molar-refractivity contribution in [3.63, 3.8) is 0 Å². The highest BCUT2D eigenvalue weighted by Gasteiger charge is 2.14. The molecule has 1 aromatic carbocycles. The Hall–Kier alpha value is -0.930. The quantitative estimate of drug-likeness (QED) is 0.795. The Morgan fingerprint density at radius 1 is 1.47 bits per heavy atom. The molecule has 1 aliphatic rings. The van der Waals surface area contributed by atoms with Gasteiger partial charge in [-0.05, 0) is 49.9 Å². The van der Waals surface area contributed by atoms with Crippen molar-refractivity contribution in [1.29, 1.82) is 0 Å². The number of ether oxygens (including phenoxy) is 1. The van der Waals surface area contributed by atoms with Gasteiger partial charge in [-0.25, -0.2) is 4.39 Å². The van der Waals surface area contributed by atoms with Gasteiger partial charge in [-0.2, -0.15) is 0 Å². The van der Waals surface area contributed by atoms with E-state index in [0.717, 1.165) is 31.7 Å². The Labute approximate surface area is 102 Å². The van der Waals surface area contributed by atoms with Crippen LogP contribution in [0, 0.1) is 12.7 Å². The molecule has 1 unspecified atom stereocenters. The highest BCUT2D eigenvalue weighted by Crippen LogP contribution is 2.14. The number of hydrogen-bond donors (Lipinski definition) is 1. The van der Waals surface area contributed by atoms with Crippen molar-refractivity contribution in [3.8, 4) is 0 Å². The molecule has 0 aromatic heterocycles. The SMILES string of the molecule is Cc1ccc(CNCCC2CCCO2)cc1F. The lowest BCUT2D eigenvalue weighted by atomic mass is 10.1. The third-order valence-corrected chi connectivity index (χ3v) is 3.23. The van der Waals surface area contributed by atoms with E-state index >= 15 is 0 Å². The van der Waals surface area contributed by atoms with Crippen LogP contribution >= 0.6 is 0 Å². The predicted octanol–water partition coefficient (Wildman–Crippen LogP) is 2.79. The van der Waals surface area contributed by atoms with Crippen LogP contribution in [-0.2, 0) is 11.3 Å². The second-order valence-electron chi connectivity index (χ2n) is 4.68. The maximum atomic E-state index is 13.3. The van der Waals surface area contributed by atoms with Gasteiger partial charge in [0.15, 0.2) is 0 Å². The highest BCUT2D eigenvalue weighted by molar-refractivity contribution is 5.23. The Balaban J connectivity index is 1.68. The first-order valence-corrected chi connectivity index (χ1v) is 6.33. The molecular formula is C14H20FNO. The number of hydrogen-bond acceptors (Lipinski definition) is 2. The molecule has 1 saturated heterocycles. The van der Waals surface area contributed by atoms with Crippen molar-refractivity contribution in [2.75, 3.05) is 13.2 Å². The summed E-state index contributed by atoms with van der Waals surface area (Å²) >= 11 is 0. The summed E-state index contributed by atoms with van der Waals surface area (Å²) in [6.07, 6.45) is 3.85. The van der Waals surface area contributed by atoms with Gasteiger partial charge in [0.2, 0.25) is 0 Å². The first-order chi connectivity index (χ1) is 8.25. The van der Waals surface area contributed by atoms with Crippen LogP contribution in [0.1, 0.15) is 30.4 Å². The van der Waals surface area contributed by atoms with Crippen LogP contribution in [0.25, 0.3) is 0 Å². The van der Waals surface area contributed by atoms with Crippen molar-refractivity contribution in [3.05, 3.63) is 35.1 Å². The normalized spacial score (nSPS) is 19.8. The summed E-state index contributed by atoms with van der Waals surface area (Å²) in [5, 5.41) is 3.33. The molecule has 1 atom stereocenters. The van der Waals surface area contributed by atoms with E-state index in [-0.39, 0.29) is 5.82 Å². The molecular weight excluding hydrogens is 217 g/mol. The van der Waals surface area contributed by atoms with Crippen LogP contribution in [0.15, 0.2) is 18.2 Å². The summed E-state index contributed by atoms with van der Waals surface area (Å²) < 4.78 is 18.8. The molecule has 0 aliphatic carbocycles. The van der Waals surface area contributed by atoms with Gasteiger partial charge < -0.3 is 10.1 Å². The molecule has 1 heterocycles. The second-order valence-corrected chi connectivity index (χ2v) is 4.68. The molecule has 17 heavy (non-hydrogen) atoms. The Kier molecular flexibility index (Phi) is 4.51. The zero-order valence-corrected chi connectivity index (χ0v) is 10.3. The van der Waals surface area contributed by atoms with Crippen LogP contribution in [0.3, 0.4) is 0 Å². The van der Waals surface area contributed by atoms with Crippen molar-refractivity contribution in [2.24, 2.45) is 0 Å². The van der Waals surface area contributed by atoms with Gasteiger partial charge in [0, 0.05) is 13.2 Å². The van der Waals surface area contributed by atoms with Crippen molar-refractivity contribution < 1.29 is 9.13 Å². The molecule has 2 rings (SSSR count). The zero-order valence-electron chi connectivity index (χ0n) is 10.3. The zero-order chi connectivity index (χ0) is 12.1. The molecule has 1 aliphatic heterocycles. The molecule has 0 bridgehead atoms. The average Bonchev–Trinajstić information content (AvgIpc) is 2.82. The Morgan fingerprint density at radius 2 is 2.35 bits per heavy atom. The molecule has 1 aromatic rings. The van der Waals surface area contributed by atoms with E-state index in [2.05, 4.69) is 5.32 Å². The van der Waals surface area contributed by atoms with Gasteiger partial charge in [-0.15, -0.1) is 0 Å². The largest absolute Gasteiger partial charge is 0.378 e. The summed E-state index contributed by atoms with van der Waals surface area (Å²) in [5.74, 6) is -0.122. The number of rotatable bonds is 5. The number of benzene rings is 1. The van der Waals surface area contributed by atoms with E-state index in [1.807, 2.05) is 12.1 Å². The molecule has 3 heteroatoms. The van der Waals surface area contributed by atoms with E-state index < -0.39 is 0 Å². The number of nitrogens with one attached hydrogen (secondary N) is 1. The van der Waals surface area contributed by atoms with Crippen LogP contribution < -0.4 is 5.32 Å². The maximum Gasteiger partial charge on any atom is 0.126 e. The van der Waals surface area contributed by atoms with Gasteiger partial charge in [0.1, 0.15) is 5.82 Å². The van der Waals surface area contributed by atoms with Crippen molar-refractivity contribution in [2.45, 2.75) is 38.8 Å². The van der Waals surface area contributed by atoms with Crippen LogP contribution in [0.5, 0.6) is 0 Å². The fraction of sp³-hybridized carbons (Fsp3) is 0.571. The second kappa shape index (κ2) is 6.12. The van der Waals surface area contributed by atoms with Gasteiger partial charge in [-0.3, -0.25) is 0 Å². The van der Waals surface area contributed by atoms with Crippen LogP contribution in [0.2, 0.25) is 0 Å². The summed E-state index contributed by atoms with van der Waals surface area (Å²) in [5.41, 5.74) is 1.70. The standard InChI is InChI=1S/C14H20FNO/c1-11-4-5-12(9-14(11)15)10-16-7-6-13-3-2-8-17-13/h4-5,9,13,16H,2-3,6-8,10H2,1H3. The molecule has 1 fully saturated rings. The molecule has 0 saturated carbocycles. The molecule has 0 radical (unpaired) electrons. The fourth-order valence-electron chi connectivity index (χ4n) is 2.11. The van der Waals surface area contributed by atoms with E-state index in [9.17, 15) is 4.39 Å². The lowest BCUT2D eigenvalue weighted by Crippen LogP contribution is -2.19. The first kappa shape index (κ1) is 12.5. The lowest BCUT2D eigenvalue weighted by molar-refractivity contribution is 0.104. The minimum Gasteiger partial charge on any atom is -0.378 e. The van der Waals surface area contributed by atoms with Crippen LogP contribution in [0.4, 0.5) is 4.39 Å². The molecule has 1 N–H and O–H groups in total. The molecule has 94 valence electrons. The predicted molar refractivity (Wildman–Crippen MR) is 66.4 cm³/mol. The topological polar surface area (TPSA) is 21.3 Å². The average molecular weight is 237 g/mol. The summed E-state index contributed by atoms with van der Waals surface area (Å²) in [6, 6.07) is 5.40. The highest BCUT2D eigenvalue weighted by atomic mass is 19.1. The smallest absolute Gasteiger partial charge is 0.126 e. The van der Waals surface area contributed by atoms with E-state index in [1.165, 1.54) is 12.8 Å². The van der Waals surface area contributed by atoms with E-state index in [4.69, 9.17) is 4.74 Å². The summed E-state index contributed by atoms with van der Waals surface area (Å²) in [6.45, 7) is 4.35. The summed E-state index contributed by atoms with van der Waals surface area (Å²) in [4.78, 5) is 0. The van der Waals surface area contributed by atoms with E-state index in [1.54, 1.807) is 13.0 Å². The van der Waals surface area contributed by atoms with Crippen LogP contribution in [-0.4, -0.2) is 19.3 Å². The van der Waals surface area contributed by atoms with Crippen molar-refractivity contribution >= 4 is 0 Å². The fourth-order valence-corrected chi connectivity index (χ4v) is 2.11. The van der Waals surface area contributed by atoms with Gasteiger partial charge in [0.25, 0.3) is 0 Å². The summed E-state index contributed by atoms with van der Waals surface area (Å²) in [7, 11) is 0. The van der Waals surface area contributed by atoms with Crippen molar-refractivity contribution in [1.82, 2.24) is 5.32 Å². The third kappa shape index (κ3) is 3.79. The van der Waals surface area contributed by atoms with Gasteiger partial charge in [-0.1, -0.05) is 12.1 Å². The third-order valence-electron chi connectivity index (χ3n) is 3.23. The van der Waals surface area contributed by atoms with Gasteiger partial charge in [0.05, 0.1) is 6.10 Å². The molecule has 0 amide bonds. The minimum absolute atomic E-state index is 0.122. The van der Waals surface area contributed by atoms with Gasteiger partial charge >= 0.3 is 0 Å². The number of halogens is 1. The number of aryl methyl sites for hydroxylation is 1. The molecule has 0 spiro atoms. The monoisotopic (exact) mass is 237 g/mol. The maximum absolute atomic E-state index is 13.3. The molecule has 2 nitrogen and oxygen atoms in total. The van der Waals surface area contributed by atoms with E-state index in [0.29, 0.717) is 11.7 Å².